The molecule has 4 nitrogen and oxygen atoms in total. The van der Waals surface area contributed by atoms with Crippen LogP contribution in [0.5, 0.6) is 11.5 Å². The van der Waals surface area contributed by atoms with Crippen molar-refractivity contribution >= 4 is 34.1 Å². The Kier molecular flexibility index (Phi) is 8.64. The van der Waals surface area contributed by atoms with Crippen molar-refractivity contribution < 1.29 is 19.1 Å². The van der Waals surface area contributed by atoms with E-state index in [1.165, 1.54) is 0 Å². The van der Waals surface area contributed by atoms with Crippen LogP contribution >= 0.6 is 23.2 Å². The van der Waals surface area contributed by atoms with Crippen molar-refractivity contribution in [1.29, 1.82) is 0 Å². The molecule has 0 heterocycles. The van der Waals surface area contributed by atoms with Crippen molar-refractivity contribution in [2.75, 3.05) is 0 Å². The van der Waals surface area contributed by atoms with E-state index in [9.17, 15) is 9.59 Å². The van der Waals surface area contributed by atoms with Crippen LogP contribution in [0.2, 0.25) is 0 Å². The number of rotatable bonds is 6. The molecule has 0 aromatic heterocycles. The van der Waals surface area contributed by atoms with Crippen LogP contribution < -0.4 is 9.47 Å². The second-order valence-electron chi connectivity index (χ2n) is 10.3. The van der Waals surface area contributed by atoms with Crippen molar-refractivity contribution in [1.82, 2.24) is 0 Å². The molecule has 2 rings (SSSR count). The van der Waals surface area contributed by atoms with E-state index in [4.69, 9.17) is 32.7 Å². The van der Waals surface area contributed by atoms with Crippen LogP contribution in [0.4, 0.5) is 9.59 Å². The molecule has 2 aromatic carbocycles. The maximum atomic E-state index is 11.8. The third-order valence-electron chi connectivity index (χ3n) is 5.63. The molecule has 0 bridgehead atoms. The standard InChI is InChI=1S/C27H34Cl2O4/c1-9-16-11-18(22(32-24(28)30)20(13-16)26(3,4)5)15-19-12-17(10-2)14-21(27(6,7)8)23(19)33-25(29)31/h11-14H,9-10,15H2,1-8H3. The SMILES string of the molecule is CCc1cc(Cc2cc(CC)cc(C(C)(C)C)c2OC(=O)Cl)c(OC(=O)Cl)c(C(C)(C)C)c1. The highest BCUT2D eigenvalue weighted by atomic mass is 35.5. The summed E-state index contributed by atoms with van der Waals surface area (Å²) < 4.78 is 11.1. The summed E-state index contributed by atoms with van der Waals surface area (Å²) in [7, 11) is 0. The fourth-order valence-corrected chi connectivity index (χ4v) is 4.06. The average Bonchev–Trinajstić information content (AvgIpc) is 2.67. The van der Waals surface area contributed by atoms with Gasteiger partial charge in [-0.05, 0) is 34.8 Å². The Morgan fingerprint density at radius 3 is 1.27 bits per heavy atom. The van der Waals surface area contributed by atoms with E-state index in [-0.39, 0.29) is 10.8 Å². The van der Waals surface area contributed by atoms with Crippen LogP contribution in [-0.2, 0) is 30.1 Å². The van der Waals surface area contributed by atoms with Gasteiger partial charge in [-0.2, -0.15) is 0 Å². The molecule has 0 unspecified atom stereocenters. The molecule has 180 valence electrons. The van der Waals surface area contributed by atoms with Gasteiger partial charge >= 0.3 is 10.9 Å². The predicted octanol–water partition coefficient (Wildman–Crippen LogP) is 8.47. The zero-order chi connectivity index (χ0) is 25.1. The Hall–Kier alpha value is -2.04. The van der Waals surface area contributed by atoms with Crippen LogP contribution in [0.15, 0.2) is 24.3 Å². The van der Waals surface area contributed by atoms with Gasteiger partial charge in [0.15, 0.2) is 0 Å². The molecule has 0 aliphatic carbocycles. The number of halogens is 2. The number of hydrogen-bond acceptors (Lipinski definition) is 4. The van der Waals surface area contributed by atoms with Crippen LogP contribution in [0.3, 0.4) is 0 Å². The van der Waals surface area contributed by atoms with Gasteiger partial charge in [0.1, 0.15) is 11.5 Å². The molecule has 33 heavy (non-hydrogen) atoms. The van der Waals surface area contributed by atoms with Gasteiger partial charge in [0.2, 0.25) is 0 Å². The lowest BCUT2D eigenvalue weighted by molar-refractivity contribution is 0.224. The molecule has 0 N–H and O–H groups in total. The van der Waals surface area contributed by atoms with E-state index in [1.807, 2.05) is 12.1 Å². The first-order valence-corrected chi connectivity index (χ1v) is 12.0. The highest BCUT2D eigenvalue weighted by Crippen LogP contribution is 2.41. The minimum Gasteiger partial charge on any atom is -0.414 e. The summed E-state index contributed by atoms with van der Waals surface area (Å²) in [5.74, 6) is 0.893. The zero-order valence-corrected chi connectivity index (χ0v) is 22.3. The summed E-state index contributed by atoms with van der Waals surface area (Å²) >= 11 is 11.3. The molecule has 2 aromatic rings. The van der Waals surface area contributed by atoms with E-state index < -0.39 is 10.9 Å². The number of carbonyl (C=O) groups excluding carboxylic acids is 2. The molecule has 0 aliphatic rings. The van der Waals surface area contributed by atoms with E-state index in [1.54, 1.807) is 0 Å². The van der Waals surface area contributed by atoms with Gasteiger partial charge in [-0.3, -0.25) is 0 Å². The van der Waals surface area contributed by atoms with E-state index in [0.29, 0.717) is 17.9 Å². The maximum Gasteiger partial charge on any atom is 0.409 e. The monoisotopic (exact) mass is 492 g/mol. The van der Waals surface area contributed by atoms with E-state index >= 15 is 0 Å². The quantitative estimate of drug-likeness (QED) is 0.379. The number of ether oxygens (including phenoxy) is 2. The fraction of sp³-hybridized carbons (Fsp3) is 0.481. The third-order valence-corrected chi connectivity index (χ3v) is 5.78. The van der Waals surface area contributed by atoms with Crippen molar-refractivity contribution in [2.45, 2.75) is 85.5 Å². The van der Waals surface area contributed by atoms with Crippen LogP contribution in [0, 0.1) is 0 Å². The molecule has 0 fully saturated rings. The molecule has 0 spiro atoms. The van der Waals surface area contributed by atoms with Crippen molar-refractivity contribution in [3.05, 3.63) is 57.6 Å². The molecule has 0 atom stereocenters. The Morgan fingerprint density at radius 1 is 0.697 bits per heavy atom. The highest BCUT2D eigenvalue weighted by molar-refractivity contribution is 6.61. The lowest BCUT2D eigenvalue weighted by atomic mass is 9.81. The van der Waals surface area contributed by atoms with Crippen LogP contribution in [0.1, 0.15) is 88.8 Å². The van der Waals surface area contributed by atoms with Gasteiger partial charge in [0, 0.05) is 51.9 Å². The summed E-state index contributed by atoms with van der Waals surface area (Å²) in [5, 5.41) is 0. The Labute approximate surface area is 207 Å². The Morgan fingerprint density at radius 2 is 1.03 bits per heavy atom. The van der Waals surface area contributed by atoms with E-state index in [0.717, 1.165) is 46.2 Å². The first kappa shape index (κ1) is 27.2. The summed E-state index contributed by atoms with van der Waals surface area (Å²) in [6.45, 7) is 16.5. The second kappa shape index (κ2) is 10.5. The number of hydrogen-bond donors (Lipinski definition) is 0. The zero-order valence-electron chi connectivity index (χ0n) is 20.8. The summed E-state index contributed by atoms with van der Waals surface area (Å²) in [6, 6.07) is 8.15. The molecule has 0 radical (unpaired) electrons. The van der Waals surface area contributed by atoms with Crippen LogP contribution in [0.25, 0.3) is 0 Å². The van der Waals surface area contributed by atoms with Crippen molar-refractivity contribution in [3.63, 3.8) is 0 Å². The normalized spacial score (nSPS) is 11.9. The average molecular weight is 493 g/mol. The van der Waals surface area contributed by atoms with Gasteiger partial charge in [-0.25, -0.2) is 9.59 Å². The molecular weight excluding hydrogens is 459 g/mol. The van der Waals surface area contributed by atoms with Crippen molar-refractivity contribution in [3.8, 4) is 11.5 Å². The Balaban J connectivity index is 2.85. The molecule has 0 saturated heterocycles. The summed E-state index contributed by atoms with van der Waals surface area (Å²) in [5.41, 5.74) is 3.26. The topological polar surface area (TPSA) is 52.6 Å². The number of carbonyl (C=O) groups is 2. The van der Waals surface area contributed by atoms with Gasteiger partial charge in [0.25, 0.3) is 0 Å². The smallest absolute Gasteiger partial charge is 0.409 e. The third kappa shape index (κ3) is 6.97. The molecule has 0 aliphatic heterocycles. The minimum absolute atomic E-state index is 0.283. The highest BCUT2D eigenvalue weighted by Gasteiger charge is 2.27. The molecule has 0 amide bonds. The van der Waals surface area contributed by atoms with Gasteiger partial charge in [-0.1, -0.05) is 79.7 Å². The van der Waals surface area contributed by atoms with Gasteiger partial charge in [-0.15, -0.1) is 0 Å². The maximum absolute atomic E-state index is 11.8. The van der Waals surface area contributed by atoms with Crippen molar-refractivity contribution in [2.24, 2.45) is 0 Å². The first-order chi connectivity index (χ1) is 15.2. The number of aryl methyl sites for hydroxylation is 2. The first-order valence-electron chi connectivity index (χ1n) is 11.2. The second-order valence-corrected chi connectivity index (χ2v) is 10.9. The van der Waals surface area contributed by atoms with Crippen LogP contribution in [-0.4, -0.2) is 10.9 Å². The molecule has 0 saturated carbocycles. The predicted molar refractivity (Wildman–Crippen MR) is 136 cm³/mol. The lowest BCUT2D eigenvalue weighted by Gasteiger charge is -2.27. The minimum atomic E-state index is -0.893. The molecular formula is C27H34Cl2O4. The largest absolute Gasteiger partial charge is 0.414 e. The molecule has 6 heteroatoms. The summed E-state index contributed by atoms with van der Waals surface area (Å²) in [4.78, 5) is 23.6. The van der Waals surface area contributed by atoms with Gasteiger partial charge in [0.05, 0.1) is 0 Å². The summed E-state index contributed by atoms with van der Waals surface area (Å²) in [6.07, 6.45) is 2.01. The number of benzene rings is 2. The Bertz CT molecular complexity index is 960. The lowest BCUT2D eigenvalue weighted by Crippen LogP contribution is -2.18. The fourth-order valence-electron chi connectivity index (χ4n) is 3.90. The van der Waals surface area contributed by atoms with Gasteiger partial charge < -0.3 is 9.47 Å². The van der Waals surface area contributed by atoms with E-state index in [2.05, 4.69) is 67.5 Å².